The molecular weight excluding hydrogens is 328 g/mol. The summed E-state index contributed by atoms with van der Waals surface area (Å²) in [6, 6.07) is 3.83. The number of aromatic nitrogens is 2. The summed E-state index contributed by atoms with van der Waals surface area (Å²) in [4.78, 5) is 24.1. The standard InChI is InChI=1S/C16H20N4O3S/c21-16(14-10-18-15-13(14)2-1-4-17-15)20-7-5-19(6-8-20)12-3-9-24(22,23)11-12/h1-2,4,10,12H,3,5-9,11H2,(H,17,18). The van der Waals surface area contributed by atoms with Gasteiger partial charge in [-0.25, -0.2) is 13.4 Å². The Morgan fingerprint density at radius 1 is 1.25 bits per heavy atom. The van der Waals surface area contributed by atoms with Crippen molar-refractivity contribution in [2.24, 2.45) is 0 Å². The van der Waals surface area contributed by atoms with Crippen LogP contribution in [-0.2, 0) is 9.84 Å². The number of sulfone groups is 1. The summed E-state index contributed by atoms with van der Waals surface area (Å²) in [5, 5.41) is 0.840. The molecule has 4 rings (SSSR count). The first-order valence-electron chi connectivity index (χ1n) is 8.19. The van der Waals surface area contributed by atoms with Crippen LogP contribution in [-0.4, -0.2) is 77.8 Å². The van der Waals surface area contributed by atoms with Gasteiger partial charge in [-0.2, -0.15) is 0 Å². The number of hydrogen-bond donors (Lipinski definition) is 1. The Balaban J connectivity index is 1.43. The quantitative estimate of drug-likeness (QED) is 0.854. The van der Waals surface area contributed by atoms with E-state index in [1.54, 1.807) is 12.4 Å². The highest BCUT2D eigenvalue weighted by Gasteiger charge is 2.34. The summed E-state index contributed by atoms with van der Waals surface area (Å²) in [6.45, 7) is 2.71. The zero-order valence-corrected chi connectivity index (χ0v) is 14.1. The van der Waals surface area contributed by atoms with Gasteiger partial charge >= 0.3 is 0 Å². The van der Waals surface area contributed by atoms with Gasteiger partial charge in [0.25, 0.3) is 5.91 Å². The smallest absolute Gasteiger partial charge is 0.256 e. The second-order valence-electron chi connectivity index (χ2n) is 6.49. The summed E-state index contributed by atoms with van der Waals surface area (Å²) in [7, 11) is -2.87. The second kappa shape index (κ2) is 5.86. The second-order valence-corrected chi connectivity index (χ2v) is 8.72. The highest BCUT2D eigenvalue weighted by Crippen LogP contribution is 2.21. The van der Waals surface area contributed by atoms with E-state index in [9.17, 15) is 13.2 Å². The molecule has 24 heavy (non-hydrogen) atoms. The maximum absolute atomic E-state index is 12.8. The Morgan fingerprint density at radius 3 is 2.75 bits per heavy atom. The molecule has 4 heterocycles. The van der Waals surface area contributed by atoms with Crippen LogP contribution in [0.25, 0.3) is 11.0 Å². The van der Waals surface area contributed by atoms with Crippen molar-refractivity contribution in [2.75, 3.05) is 37.7 Å². The number of fused-ring (bicyclic) bond motifs is 1. The van der Waals surface area contributed by atoms with E-state index in [1.165, 1.54) is 0 Å². The van der Waals surface area contributed by atoms with Crippen LogP contribution in [0.4, 0.5) is 0 Å². The highest BCUT2D eigenvalue weighted by atomic mass is 32.2. The number of amides is 1. The number of rotatable bonds is 2. The minimum Gasteiger partial charge on any atom is -0.345 e. The van der Waals surface area contributed by atoms with Crippen molar-refractivity contribution in [3.63, 3.8) is 0 Å². The van der Waals surface area contributed by atoms with Gasteiger partial charge in [0.2, 0.25) is 0 Å². The highest BCUT2D eigenvalue weighted by molar-refractivity contribution is 7.91. The van der Waals surface area contributed by atoms with E-state index in [4.69, 9.17) is 0 Å². The Kier molecular flexibility index (Phi) is 3.80. The van der Waals surface area contributed by atoms with Gasteiger partial charge in [0.05, 0.1) is 17.1 Å². The molecule has 1 N–H and O–H groups in total. The van der Waals surface area contributed by atoms with E-state index < -0.39 is 9.84 Å². The number of carbonyl (C=O) groups is 1. The molecule has 1 amide bonds. The summed E-state index contributed by atoms with van der Waals surface area (Å²) in [5.74, 6) is 0.557. The molecule has 0 radical (unpaired) electrons. The van der Waals surface area contributed by atoms with Gasteiger partial charge in [0.1, 0.15) is 5.65 Å². The molecule has 8 heteroatoms. The first-order valence-corrected chi connectivity index (χ1v) is 10.0. The molecule has 2 aromatic heterocycles. The summed E-state index contributed by atoms with van der Waals surface area (Å²) in [5.41, 5.74) is 1.37. The Bertz CT molecular complexity index is 868. The maximum Gasteiger partial charge on any atom is 0.256 e. The third-order valence-electron chi connectivity index (χ3n) is 5.01. The predicted octanol–water partition coefficient (Wildman–Crippen LogP) is 0.508. The van der Waals surface area contributed by atoms with Crippen LogP contribution in [0.5, 0.6) is 0 Å². The average molecular weight is 348 g/mol. The lowest BCUT2D eigenvalue weighted by Gasteiger charge is -2.37. The number of carbonyl (C=O) groups excluding carboxylic acids is 1. The number of pyridine rings is 1. The molecule has 1 atom stereocenters. The molecule has 0 aliphatic carbocycles. The average Bonchev–Trinajstić information content (AvgIpc) is 3.17. The van der Waals surface area contributed by atoms with Crippen LogP contribution in [0.15, 0.2) is 24.5 Å². The van der Waals surface area contributed by atoms with Crippen LogP contribution < -0.4 is 0 Å². The summed E-state index contributed by atoms with van der Waals surface area (Å²) in [6.07, 6.45) is 4.13. The number of hydrogen-bond acceptors (Lipinski definition) is 5. The van der Waals surface area contributed by atoms with Crippen molar-refractivity contribution in [2.45, 2.75) is 12.5 Å². The van der Waals surface area contributed by atoms with Crippen molar-refractivity contribution in [1.29, 1.82) is 0 Å². The van der Waals surface area contributed by atoms with Crippen molar-refractivity contribution in [3.8, 4) is 0 Å². The molecule has 2 aliphatic heterocycles. The molecule has 2 saturated heterocycles. The van der Waals surface area contributed by atoms with Gasteiger partial charge < -0.3 is 9.88 Å². The minimum atomic E-state index is -2.87. The molecule has 128 valence electrons. The lowest BCUT2D eigenvalue weighted by Crippen LogP contribution is -2.52. The summed E-state index contributed by atoms with van der Waals surface area (Å²) < 4.78 is 23.3. The normalized spacial score (nSPS) is 24.5. The number of H-pyrrole nitrogens is 1. The molecule has 1 unspecified atom stereocenters. The number of nitrogens with one attached hydrogen (secondary N) is 1. The Hall–Kier alpha value is -1.93. The largest absolute Gasteiger partial charge is 0.345 e. The van der Waals surface area contributed by atoms with Crippen molar-refractivity contribution in [3.05, 3.63) is 30.1 Å². The summed E-state index contributed by atoms with van der Waals surface area (Å²) >= 11 is 0. The van der Waals surface area contributed by atoms with E-state index in [-0.39, 0.29) is 17.7 Å². The third kappa shape index (κ3) is 2.80. The minimum absolute atomic E-state index is 0.00736. The molecule has 2 aromatic rings. The molecular formula is C16H20N4O3S. The van der Waals surface area contributed by atoms with Gasteiger partial charge in [-0.1, -0.05) is 0 Å². The van der Waals surface area contributed by atoms with Crippen LogP contribution >= 0.6 is 0 Å². The molecule has 2 aliphatic rings. The van der Waals surface area contributed by atoms with Gasteiger partial charge in [-0.3, -0.25) is 9.69 Å². The van der Waals surface area contributed by atoms with Crippen molar-refractivity contribution < 1.29 is 13.2 Å². The number of piperazine rings is 1. The molecule has 0 saturated carbocycles. The topological polar surface area (TPSA) is 86.4 Å². The fourth-order valence-electron chi connectivity index (χ4n) is 3.66. The molecule has 0 aromatic carbocycles. The van der Waals surface area contributed by atoms with Gasteiger partial charge in [-0.15, -0.1) is 0 Å². The lowest BCUT2D eigenvalue weighted by atomic mass is 10.1. The third-order valence-corrected chi connectivity index (χ3v) is 6.76. The Labute approximate surface area is 140 Å². The zero-order chi connectivity index (χ0) is 16.7. The van der Waals surface area contributed by atoms with E-state index >= 15 is 0 Å². The van der Waals surface area contributed by atoms with Crippen molar-refractivity contribution >= 4 is 26.8 Å². The molecule has 0 bridgehead atoms. The van der Waals surface area contributed by atoms with Gasteiger partial charge in [0, 0.05) is 50.0 Å². The van der Waals surface area contributed by atoms with E-state index in [0.29, 0.717) is 30.8 Å². The lowest BCUT2D eigenvalue weighted by molar-refractivity contribution is 0.0589. The van der Waals surface area contributed by atoms with E-state index in [2.05, 4.69) is 14.9 Å². The van der Waals surface area contributed by atoms with Crippen LogP contribution in [0, 0.1) is 0 Å². The molecule has 7 nitrogen and oxygen atoms in total. The number of nitrogens with zero attached hydrogens (tertiary/aromatic N) is 3. The fraction of sp³-hybridized carbons (Fsp3) is 0.500. The van der Waals surface area contributed by atoms with E-state index in [1.807, 2.05) is 17.0 Å². The monoisotopic (exact) mass is 348 g/mol. The predicted molar refractivity (Wildman–Crippen MR) is 90.6 cm³/mol. The first kappa shape index (κ1) is 15.6. The van der Waals surface area contributed by atoms with E-state index in [0.717, 1.165) is 24.1 Å². The van der Waals surface area contributed by atoms with Crippen LogP contribution in [0.1, 0.15) is 16.8 Å². The number of aromatic amines is 1. The molecule has 0 spiro atoms. The SMILES string of the molecule is O=C(c1c[nH]c2ncccc12)N1CCN(C2CCS(=O)(=O)C2)CC1. The van der Waals surface area contributed by atoms with Gasteiger partial charge in [-0.05, 0) is 18.6 Å². The first-order chi connectivity index (χ1) is 11.5. The zero-order valence-electron chi connectivity index (χ0n) is 13.3. The fourth-order valence-corrected chi connectivity index (χ4v) is 5.42. The van der Waals surface area contributed by atoms with Crippen LogP contribution in [0.2, 0.25) is 0 Å². The van der Waals surface area contributed by atoms with Crippen LogP contribution in [0.3, 0.4) is 0 Å². The van der Waals surface area contributed by atoms with Crippen molar-refractivity contribution in [1.82, 2.24) is 19.8 Å². The maximum atomic E-state index is 12.8. The van der Waals surface area contributed by atoms with Gasteiger partial charge in [0.15, 0.2) is 9.84 Å². The Morgan fingerprint density at radius 2 is 2.04 bits per heavy atom. The molecule has 2 fully saturated rings.